The van der Waals surface area contributed by atoms with Gasteiger partial charge in [0, 0.05) is 29.5 Å². The second-order valence-corrected chi connectivity index (χ2v) is 6.04. The molecule has 1 aromatic heterocycles. The zero-order valence-electron chi connectivity index (χ0n) is 10.4. The van der Waals surface area contributed by atoms with Gasteiger partial charge in [0.2, 0.25) is 5.13 Å². The molecule has 1 saturated carbocycles. The first-order chi connectivity index (χ1) is 7.49. The van der Waals surface area contributed by atoms with Gasteiger partial charge in [-0.25, -0.2) is 4.98 Å². The molecular weight excluding hydrogens is 220 g/mol. The molecule has 0 bridgehead atoms. The number of nitrogens with one attached hydrogen (secondary N) is 1. The van der Waals surface area contributed by atoms with E-state index in [1.54, 1.807) is 0 Å². The van der Waals surface area contributed by atoms with Gasteiger partial charge in [0.1, 0.15) is 5.82 Å². The Bertz CT molecular complexity index is 355. The highest BCUT2D eigenvalue weighted by Crippen LogP contribution is 2.39. The van der Waals surface area contributed by atoms with E-state index in [1.807, 2.05) is 0 Å². The third kappa shape index (κ3) is 2.71. The first-order valence-corrected chi connectivity index (χ1v) is 6.51. The van der Waals surface area contributed by atoms with Crippen LogP contribution in [0.3, 0.4) is 0 Å². The van der Waals surface area contributed by atoms with Crippen LogP contribution < -0.4 is 5.32 Å². The predicted octanol–water partition coefficient (Wildman–Crippen LogP) is 2.17. The topological polar surface area (TPSA) is 41.0 Å². The maximum atomic E-state index is 4.51. The van der Waals surface area contributed by atoms with Crippen molar-refractivity contribution in [1.29, 1.82) is 0 Å². The van der Waals surface area contributed by atoms with E-state index in [2.05, 4.69) is 47.5 Å². The molecule has 90 valence electrons. The highest BCUT2D eigenvalue weighted by Gasteiger charge is 2.28. The Balaban J connectivity index is 1.89. The summed E-state index contributed by atoms with van der Waals surface area (Å²) in [5.74, 6) is 1.68. The van der Waals surface area contributed by atoms with Crippen molar-refractivity contribution in [3.05, 3.63) is 5.82 Å². The second kappa shape index (κ2) is 4.30. The predicted molar refractivity (Wildman–Crippen MR) is 68.1 cm³/mol. The summed E-state index contributed by atoms with van der Waals surface area (Å²) in [7, 11) is 4.19. The highest BCUT2D eigenvalue weighted by atomic mass is 32.1. The average Bonchev–Trinajstić information content (AvgIpc) is 2.95. The third-order valence-electron chi connectivity index (χ3n) is 3.27. The van der Waals surface area contributed by atoms with E-state index >= 15 is 0 Å². The van der Waals surface area contributed by atoms with Crippen LogP contribution >= 0.6 is 11.5 Å². The monoisotopic (exact) mass is 240 g/mol. The molecule has 0 aliphatic heterocycles. The lowest BCUT2D eigenvalue weighted by Gasteiger charge is -2.32. The number of aromatic nitrogens is 2. The molecular formula is C11H20N4S. The Morgan fingerprint density at radius 2 is 2.12 bits per heavy atom. The van der Waals surface area contributed by atoms with Crippen LogP contribution in [-0.4, -0.2) is 40.4 Å². The van der Waals surface area contributed by atoms with E-state index in [-0.39, 0.29) is 5.54 Å². The molecule has 16 heavy (non-hydrogen) atoms. The van der Waals surface area contributed by atoms with Crippen molar-refractivity contribution in [2.24, 2.45) is 0 Å². The molecule has 1 heterocycles. The van der Waals surface area contributed by atoms with Crippen molar-refractivity contribution in [2.45, 2.75) is 38.1 Å². The van der Waals surface area contributed by atoms with Gasteiger partial charge >= 0.3 is 0 Å². The van der Waals surface area contributed by atoms with E-state index in [0.29, 0.717) is 5.92 Å². The SMILES string of the molecule is CN(C)C(C)(C)CNc1nc(C2CC2)ns1. The fourth-order valence-corrected chi connectivity index (χ4v) is 1.91. The van der Waals surface area contributed by atoms with Gasteiger partial charge in [-0.1, -0.05) is 0 Å². The molecule has 0 amide bonds. The molecule has 0 unspecified atom stereocenters. The van der Waals surface area contributed by atoms with Crippen LogP contribution in [0.4, 0.5) is 5.13 Å². The Kier molecular flexibility index (Phi) is 3.17. The lowest BCUT2D eigenvalue weighted by molar-refractivity contribution is 0.210. The number of likely N-dealkylation sites (N-methyl/N-ethyl adjacent to an activating group) is 1. The summed E-state index contributed by atoms with van der Waals surface area (Å²) < 4.78 is 4.38. The summed E-state index contributed by atoms with van der Waals surface area (Å²) >= 11 is 1.48. The first-order valence-electron chi connectivity index (χ1n) is 5.74. The summed E-state index contributed by atoms with van der Waals surface area (Å²) in [6, 6.07) is 0. The zero-order valence-corrected chi connectivity index (χ0v) is 11.3. The highest BCUT2D eigenvalue weighted by molar-refractivity contribution is 7.09. The van der Waals surface area contributed by atoms with Crippen LogP contribution in [0.5, 0.6) is 0 Å². The van der Waals surface area contributed by atoms with Gasteiger partial charge in [0.15, 0.2) is 0 Å². The lowest BCUT2D eigenvalue weighted by Crippen LogP contribution is -2.44. The van der Waals surface area contributed by atoms with Crippen LogP contribution in [0.1, 0.15) is 38.4 Å². The maximum Gasteiger partial charge on any atom is 0.202 e. The number of nitrogens with zero attached hydrogens (tertiary/aromatic N) is 3. The van der Waals surface area contributed by atoms with Gasteiger partial charge in [-0.05, 0) is 40.8 Å². The van der Waals surface area contributed by atoms with Gasteiger partial charge < -0.3 is 10.2 Å². The lowest BCUT2D eigenvalue weighted by atomic mass is 10.1. The zero-order chi connectivity index (χ0) is 11.8. The van der Waals surface area contributed by atoms with E-state index in [9.17, 15) is 0 Å². The second-order valence-electron chi connectivity index (χ2n) is 5.29. The molecule has 2 rings (SSSR count). The molecule has 1 fully saturated rings. The molecule has 1 aliphatic carbocycles. The van der Waals surface area contributed by atoms with Crippen LogP contribution in [-0.2, 0) is 0 Å². The fraction of sp³-hybridized carbons (Fsp3) is 0.818. The van der Waals surface area contributed by atoms with Gasteiger partial charge in [0.25, 0.3) is 0 Å². The van der Waals surface area contributed by atoms with Crippen LogP contribution in [0.15, 0.2) is 0 Å². The quantitative estimate of drug-likeness (QED) is 0.856. The third-order valence-corrected chi connectivity index (χ3v) is 3.95. The van der Waals surface area contributed by atoms with Crippen molar-refractivity contribution >= 4 is 16.7 Å². The Hall–Kier alpha value is -0.680. The van der Waals surface area contributed by atoms with Crippen molar-refractivity contribution in [3.8, 4) is 0 Å². The molecule has 0 aromatic carbocycles. The van der Waals surface area contributed by atoms with E-state index in [0.717, 1.165) is 17.5 Å². The molecule has 1 aromatic rings. The summed E-state index contributed by atoms with van der Waals surface area (Å²) in [5, 5.41) is 4.33. The number of hydrogen-bond donors (Lipinski definition) is 1. The molecule has 1 N–H and O–H groups in total. The Morgan fingerprint density at radius 3 is 2.69 bits per heavy atom. The van der Waals surface area contributed by atoms with Crippen LogP contribution in [0.25, 0.3) is 0 Å². The van der Waals surface area contributed by atoms with Crippen molar-refractivity contribution in [1.82, 2.24) is 14.3 Å². The van der Waals surface area contributed by atoms with Crippen molar-refractivity contribution in [2.75, 3.05) is 26.0 Å². The molecule has 0 atom stereocenters. The smallest absolute Gasteiger partial charge is 0.202 e. The summed E-state index contributed by atoms with van der Waals surface area (Å²) in [5.41, 5.74) is 0.130. The summed E-state index contributed by atoms with van der Waals surface area (Å²) in [6.45, 7) is 5.31. The molecule has 1 aliphatic rings. The Morgan fingerprint density at radius 1 is 1.44 bits per heavy atom. The van der Waals surface area contributed by atoms with Crippen LogP contribution in [0, 0.1) is 0 Å². The molecule has 4 nitrogen and oxygen atoms in total. The van der Waals surface area contributed by atoms with E-state index in [4.69, 9.17) is 0 Å². The number of hydrogen-bond acceptors (Lipinski definition) is 5. The number of rotatable bonds is 5. The van der Waals surface area contributed by atoms with Gasteiger partial charge in [0.05, 0.1) is 0 Å². The normalized spacial score (nSPS) is 16.8. The molecule has 0 saturated heterocycles. The largest absolute Gasteiger partial charge is 0.358 e. The first kappa shape index (κ1) is 11.8. The standard InChI is InChI=1S/C11H20N4S/c1-11(2,15(3)4)7-12-10-13-9(14-16-10)8-5-6-8/h8H,5-7H2,1-4H3,(H,12,13,14). The van der Waals surface area contributed by atoms with Crippen LogP contribution in [0.2, 0.25) is 0 Å². The van der Waals surface area contributed by atoms with E-state index in [1.165, 1.54) is 24.4 Å². The number of anilines is 1. The maximum absolute atomic E-state index is 4.51. The van der Waals surface area contributed by atoms with Gasteiger partial charge in [-0.2, -0.15) is 4.37 Å². The fourth-order valence-electron chi connectivity index (χ4n) is 1.26. The minimum atomic E-state index is 0.130. The van der Waals surface area contributed by atoms with Crippen molar-refractivity contribution in [3.63, 3.8) is 0 Å². The Labute approximate surface area is 101 Å². The van der Waals surface area contributed by atoms with Gasteiger partial charge in [-0.15, -0.1) is 0 Å². The minimum absolute atomic E-state index is 0.130. The molecule has 0 radical (unpaired) electrons. The summed E-state index contributed by atoms with van der Waals surface area (Å²) in [6.07, 6.45) is 2.53. The molecule has 0 spiro atoms. The van der Waals surface area contributed by atoms with E-state index < -0.39 is 0 Å². The molecule has 5 heteroatoms. The average molecular weight is 240 g/mol. The van der Waals surface area contributed by atoms with Gasteiger partial charge in [-0.3, -0.25) is 0 Å². The minimum Gasteiger partial charge on any atom is -0.358 e. The summed E-state index contributed by atoms with van der Waals surface area (Å²) in [4.78, 5) is 6.72. The van der Waals surface area contributed by atoms with Crippen molar-refractivity contribution < 1.29 is 0 Å².